The molecule has 23 heavy (non-hydrogen) atoms. The van der Waals surface area contributed by atoms with E-state index >= 15 is 0 Å². The van der Waals surface area contributed by atoms with E-state index in [0.717, 1.165) is 18.6 Å². The predicted molar refractivity (Wildman–Crippen MR) is 80.2 cm³/mol. The lowest BCUT2D eigenvalue weighted by atomic mass is 10.1. The first kappa shape index (κ1) is 17.1. The second-order valence-corrected chi connectivity index (χ2v) is 6.37. The average molecular weight is 325 g/mol. The molecule has 0 aromatic heterocycles. The third kappa shape index (κ3) is 4.34. The molecule has 0 bridgehead atoms. The highest BCUT2D eigenvalue weighted by Crippen LogP contribution is 2.23. The number of carboxylic acid groups (broad SMARTS) is 1. The van der Waals surface area contributed by atoms with Crippen LogP contribution in [0.1, 0.15) is 37.6 Å². The zero-order valence-corrected chi connectivity index (χ0v) is 13.3. The van der Waals surface area contributed by atoms with Gasteiger partial charge in [-0.25, -0.2) is 14.0 Å². The van der Waals surface area contributed by atoms with Gasteiger partial charge in [-0.05, 0) is 45.4 Å². The molecule has 1 atom stereocenters. The number of rotatable bonds is 4. The topological polar surface area (TPSA) is 76.1 Å². The summed E-state index contributed by atoms with van der Waals surface area (Å²) in [5.41, 5.74) is -1.01. The number of ether oxygens (including phenoxy) is 2. The number of carboxylic acids is 1. The number of nitrogens with zero attached hydrogens (tertiary/aromatic N) is 1. The van der Waals surface area contributed by atoms with Gasteiger partial charge in [0.2, 0.25) is 0 Å². The molecule has 0 saturated carbocycles. The largest absolute Gasteiger partial charge is 0.491 e. The van der Waals surface area contributed by atoms with Gasteiger partial charge in [0, 0.05) is 6.54 Å². The SMILES string of the molecule is CC(C)(C)OC(=O)N1CCC1COc1ccc(F)c(C(=O)O)c1. The van der Waals surface area contributed by atoms with Crippen LogP contribution in [-0.4, -0.2) is 46.9 Å². The number of carbonyl (C=O) groups is 2. The molecular weight excluding hydrogens is 305 g/mol. The van der Waals surface area contributed by atoms with Gasteiger partial charge in [0.15, 0.2) is 0 Å². The molecule has 7 heteroatoms. The second kappa shape index (κ2) is 6.44. The fraction of sp³-hybridized carbons (Fsp3) is 0.500. The zero-order valence-electron chi connectivity index (χ0n) is 13.3. The monoisotopic (exact) mass is 325 g/mol. The maximum Gasteiger partial charge on any atom is 0.410 e. The lowest BCUT2D eigenvalue weighted by Crippen LogP contribution is -2.55. The summed E-state index contributed by atoms with van der Waals surface area (Å²) < 4.78 is 24.1. The van der Waals surface area contributed by atoms with Crippen molar-refractivity contribution in [2.75, 3.05) is 13.2 Å². The number of hydrogen-bond acceptors (Lipinski definition) is 4. The number of carbonyl (C=O) groups excluding carboxylic acids is 1. The molecule has 0 spiro atoms. The van der Waals surface area contributed by atoms with Gasteiger partial charge >= 0.3 is 12.1 Å². The van der Waals surface area contributed by atoms with Crippen molar-refractivity contribution < 1.29 is 28.6 Å². The lowest BCUT2D eigenvalue weighted by molar-refractivity contribution is -0.0141. The van der Waals surface area contributed by atoms with Crippen LogP contribution in [0.5, 0.6) is 5.75 Å². The van der Waals surface area contributed by atoms with E-state index in [9.17, 15) is 14.0 Å². The van der Waals surface area contributed by atoms with E-state index in [1.165, 1.54) is 6.07 Å². The minimum absolute atomic E-state index is 0.136. The number of benzene rings is 1. The molecule has 126 valence electrons. The maximum atomic E-state index is 13.3. The fourth-order valence-corrected chi connectivity index (χ4v) is 2.13. The van der Waals surface area contributed by atoms with Crippen LogP contribution in [0.4, 0.5) is 9.18 Å². The molecule has 1 aliphatic heterocycles. The first-order valence-electron chi connectivity index (χ1n) is 7.32. The molecule has 2 rings (SSSR count). The van der Waals surface area contributed by atoms with Crippen molar-refractivity contribution >= 4 is 12.1 Å². The molecule has 0 radical (unpaired) electrons. The van der Waals surface area contributed by atoms with Crippen LogP contribution in [0.25, 0.3) is 0 Å². The third-order valence-corrected chi connectivity index (χ3v) is 3.38. The summed E-state index contributed by atoms with van der Waals surface area (Å²) in [6, 6.07) is 3.40. The van der Waals surface area contributed by atoms with E-state index in [1.54, 1.807) is 25.7 Å². The summed E-state index contributed by atoms with van der Waals surface area (Å²) >= 11 is 0. The molecule has 6 nitrogen and oxygen atoms in total. The summed E-state index contributed by atoms with van der Waals surface area (Å²) in [6.45, 7) is 6.17. The number of hydrogen-bond donors (Lipinski definition) is 1. The summed E-state index contributed by atoms with van der Waals surface area (Å²) in [4.78, 5) is 24.4. The standard InChI is InChI=1S/C16H20FNO5/c1-16(2,3)23-15(21)18-7-6-10(18)9-22-11-4-5-13(17)12(8-11)14(19)20/h4-5,8,10H,6-7,9H2,1-3H3,(H,19,20). The summed E-state index contributed by atoms with van der Waals surface area (Å²) in [5, 5.41) is 8.88. The van der Waals surface area contributed by atoms with Crippen LogP contribution in [0.3, 0.4) is 0 Å². The Morgan fingerprint density at radius 1 is 1.39 bits per heavy atom. The van der Waals surface area contributed by atoms with Crippen molar-refractivity contribution in [3.05, 3.63) is 29.6 Å². The molecule has 1 N–H and O–H groups in total. The zero-order chi connectivity index (χ0) is 17.2. The van der Waals surface area contributed by atoms with E-state index in [4.69, 9.17) is 14.6 Å². The van der Waals surface area contributed by atoms with Crippen molar-refractivity contribution in [1.82, 2.24) is 4.90 Å². The van der Waals surface area contributed by atoms with E-state index in [2.05, 4.69) is 0 Å². The van der Waals surface area contributed by atoms with Crippen LogP contribution < -0.4 is 4.74 Å². The molecule has 1 fully saturated rings. The second-order valence-electron chi connectivity index (χ2n) is 6.37. The van der Waals surface area contributed by atoms with Gasteiger partial charge in [-0.15, -0.1) is 0 Å². The van der Waals surface area contributed by atoms with Crippen LogP contribution in [0.15, 0.2) is 18.2 Å². The third-order valence-electron chi connectivity index (χ3n) is 3.38. The lowest BCUT2D eigenvalue weighted by Gasteiger charge is -2.41. The minimum atomic E-state index is -1.35. The molecule has 1 aromatic rings. The summed E-state index contributed by atoms with van der Waals surface area (Å²) in [6.07, 6.45) is 0.370. The number of amides is 1. The first-order chi connectivity index (χ1) is 10.7. The van der Waals surface area contributed by atoms with Crippen LogP contribution in [0, 0.1) is 5.82 Å². The molecule has 0 aliphatic carbocycles. The Hall–Kier alpha value is -2.31. The van der Waals surface area contributed by atoms with E-state index in [0.29, 0.717) is 6.54 Å². The Bertz CT molecular complexity index is 611. The van der Waals surface area contributed by atoms with Gasteiger partial charge < -0.3 is 19.5 Å². The van der Waals surface area contributed by atoms with Crippen molar-refractivity contribution in [2.45, 2.75) is 38.8 Å². The van der Waals surface area contributed by atoms with Crippen LogP contribution in [-0.2, 0) is 4.74 Å². The molecule has 1 amide bonds. The molecular formula is C16H20FNO5. The first-order valence-corrected chi connectivity index (χ1v) is 7.32. The number of halogens is 1. The van der Waals surface area contributed by atoms with Gasteiger partial charge in [0.25, 0.3) is 0 Å². The van der Waals surface area contributed by atoms with E-state index in [-0.39, 0.29) is 18.4 Å². The minimum Gasteiger partial charge on any atom is -0.491 e. The quantitative estimate of drug-likeness (QED) is 0.921. The molecule has 1 aromatic carbocycles. The smallest absolute Gasteiger partial charge is 0.410 e. The summed E-state index contributed by atoms with van der Waals surface area (Å²) in [5.74, 6) is -1.92. The highest BCUT2D eigenvalue weighted by atomic mass is 19.1. The molecule has 1 heterocycles. The van der Waals surface area contributed by atoms with Gasteiger partial charge in [0.1, 0.15) is 23.8 Å². The van der Waals surface area contributed by atoms with Crippen LogP contribution in [0.2, 0.25) is 0 Å². The highest BCUT2D eigenvalue weighted by Gasteiger charge is 2.35. The van der Waals surface area contributed by atoms with Gasteiger partial charge in [-0.1, -0.05) is 0 Å². The van der Waals surface area contributed by atoms with Crippen LogP contribution >= 0.6 is 0 Å². The van der Waals surface area contributed by atoms with Crippen molar-refractivity contribution in [2.24, 2.45) is 0 Å². The number of aromatic carboxylic acids is 1. The normalized spacial score (nSPS) is 17.4. The molecule has 1 saturated heterocycles. The van der Waals surface area contributed by atoms with Gasteiger partial charge in [-0.3, -0.25) is 0 Å². The van der Waals surface area contributed by atoms with Gasteiger partial charge in [0.05, 0.1) is 11.6 Å². The molecule has 1 unspecified atom stereocenters. The predicted octanol–water partition coefficient (Wildman–Crippen LogP) is 2.91. The van der Waals surface area contributed by atoms with Crippen molar-refractivity contribution in [1.29, 1.82) is 0 Å². The Balaban J connectivity index is 1.93. The van der Waals surface area contributed by atoms with E-state index < -0.39 is 29.0 Å². The van der Waals surface area contributed by atoms with E-state index in [1.807, 2.05) is 0 Å². The van der Waals surface area contributed by atoms with Crippen molar-refractivity contribution in [3.8, 4) is 5.75 Å². The van der Waals surface area contributed by atoms with Gasteiger partial charge in [-0.2, -0.15) is 0 Å². The average Bonchev–Trinajstić information content (AvgIpc) is 2.36. The fourth-order valence-electron chi connectivity index (χ4n) is 2.13. The number of likely N-dealkylation sites (tertiary alicyclic amines) is 1. The Morgan fingerprint density at radius 2 is 2.09 bits per heavy atom. The Labute approximate surface area is 133 Å². The summed E-state index contributed by atoms with van der Waals surface area (Å²) in [7, 11) is 0. The molecule has 1 aliphatic rings. The Kier molecular flexibility index (Phi) is 4.77. The highest BCUT2D eigenvalue weighted by molar-refractivity contribution is 5.88. The maximum absolute atomic E-state index is 13.3. The van der Waals surface area contributed by atoms with Crippen molar-refractivity contribution in [3.63, 3.8) is 0 Å². The Morgan fingerprint density at radius 3 is 2.61 bits per heavy atom.